The summed E-state index contributed by atoms with van der Waals surface area (Å²) >= 11 is 1.62. The Labute approximate surface area is 148 Å². The lowest BCUT2D eigenvalue weighted by Crippen LogP contribution is -2.39. The topological polar surface area (TPSA) is 59.0 Å². The molecular formula is C13H25IN4O2S. The molecule has 1 unspecified atom stereocenters. The fraction of sp³-hybridized carbons (Fsp3) is 0.692. The maximum Gasteiger partial charge on any atom is 0.193 e. The molecule has 1 heterocycles. The number of rotatable bonds is 7. The summed E-state index contributed by atoms with van der Waals surface area (Å²) in [6.45, 7) is 4.09. The van der Waals surface area contributed by atoms with E-state index in [-0.39, 0.29) is 30.1 Å². The van der Waals surface area contributed by atoms with Gasteiger partial charge in [-0.25, -0.2) is 4.98 Å². The monoisotopic (exact) mass is 428 g/mol. The van der Waals surface area contributed by atoms with Crippen molar-refractivity contribution in [3.63, 3.8) is 0 Å². The maximum atomic E-state index is 5.27. The summed E-state index contributed by atoms with van der Waals surface area (Å²) in [5, 5.41) is 6.29. The Kier molecular flexibility index (Phi) is 10.9. The van der Waals surface area contributed by atoms with E-state index in [0.29, 0.717) is 13.2 Å². The molecule has 0 radical (unpaired) electrons. The third kappa shape index (κ3) is 6.90. The Morgan fingerprint density at radius 3 is 2.81 bits per heavy atom. The van der Waals surface area contributed by atoms with Gasteiger partial charge in [0.15, 0.2) is 5.96 Å². The molecule has 0 saturated heterocycles. The molecule has 0 aromatic carbocycles. The van der Waals surface area contributed by atoms with Crippen LogP contribution in [0.25, 0.3) is 0 Å². The van der Waals surface area contributed by atoms with E-state index < -0.39 is 0 Å². The second kappa shape index (κ2) is 11.2. The standard InChI is InChI=1S/C13H24N4O2S.HI/c1-10(19-5)12-16-11(9-20-12)8-17(3)13(14-2)15-6-7-18-4;/h9-10H,6-8H2,1-5H3,(H,14,15);1H. The normalized spacial score (nSPS) is 12.7. The second-order valence-electron chi connectivity index (χ2n) is 4.38. The first-order valence-electron chi connectivity index (χ1n) is 6.50. The van der Waals surface area contributed by atoms with Gasteiger partial charge >= 0.3 is 0 Å². The van der Waals surface area contributed by atoms with E-state index in [1.54, 1.807) is 32.6 Å². The molecule has 1 N–H and O–H groups in total. The van der Waals surface area contributed by atoms with E-state index in [4.69, 9.17) is 9.47 Å². The van der Waals surface area contributed by atoms with Crippen LogP contribution < -0.4 is 5.32 Å². The third-order valence-electron chi connectivity index (χ3n) is 2.83. The highest BCUT2D eigenvalue weighted by Crippen LogP contribution is 2.20. The number of halogens is 1. The number of nitrogens with zero attached hydrogens (tertiary/aromatic N) is 3. The van der Waals surface area contributed by atoms with Crippen LogP contribution in [-0.2, 0) is 16.0 Å². The first-order chi connectivity index (χ1) is 9.62. The lowest BCUT2D eigenvalue weighted by Gasteiger charge is -2.21. The number of ether oxygens (including phenoxy) is 2. The number of nitrogens with one attached hydrogen (secondary N) is 1. The Morgan fingerprint density at radius 1 is 1.52 bits per heavy atom. The van der Waals surface area contributed by atoms with Crippen LogP contribution in [0.5, 0.6) is 0 Å². The predicted octanol–water partition coefficient (Wildman–Crippen LogP) is 2.12. The van der Waals surface area contributed by atoms with Gasteiger partial charge in [0, 0.05) is 40.2 Å². The number of thiazole rings is 1. The highest BCUT2D eigenvalue weighted by Gasteiger charge is 2.12. The van der Waals surface area contributed by atoms with Crippen molar-refractivity contribution >= 4 is 41.3 Å². The zero-order chi connectivity index (χ0) is 15.0. The molecule has 1 rings (SSSR count). The quantitative estimate of drug-likeness (QED) is 0.312. The van der Waals surface area contributed by atoms with E-state index in [9.17, 15) is 0 Å². The summed E-state index contributed by atoms with van der Waals surface area (Å²) < 4.78 is 10.3. The fourth-order valence-electron chi connectivity index (χ4n) is 1.65. The molecule has 8 heteroatoms. The van der Waals surface area contributed by atoms with Crippen LogP contribution in [0.4, 0.5) is 0 Å². The zero-order valence-corrected chi connectivity index (χ0v) is 16.4. The molecule has 0 aliphatic heterocycles. The number of hydrogen-bond donors (Lipinski definition) is 1. The van der Waals surface area contributed by atoms with Gasteiger partial charge in [-0.05, 0) is 6.92 Å². The first kappa shape index (κ1) is 20.6. The lowest BCUT2D eigenvalue weighted by molar-refractivity contribution is 0.119. The SMILES string of the molecule is CN=C(NCCOC)N(C)Cc1csc(C(C)OC)n1.I. The molecular weight excluding hydrogens is 403 g/mol. The van der Waals surface area contributed by atoms with Crippen molar-refractivity contribution in [2.24, 2.45) is 4.99 Å². The van der Waals surface area contributed by atoms with Crippen molar-refractivity contribution in [1.29, 1.82) is 0 Å². The number of hydrogen-bond acceptors (Lipinski definition) is 5. The van der Waals surface area contributed by atoms with Gasteiger partial charge in [0.05, 0.1) is 18.8 Å². The maximum absolute atomic E-state index is 5.27. The minimum atomic E-state index is 0. The Morgan fingerprint density at radius 2 is 2.24 bits per heavy atom. The average Bonchev–Trinajstić information content (AvgIpc) is 2.91. The number of aromatic nitrogens is 1. The van der Waals surface area contributed by atoms with Gasteiger partial charge < -0.3 is 19.7 Å². The van der Waals surface area contributed by atoms with Crippen LogP contribution >= 0.6 is 35.3 Å². The second-order valence-corrected chi connectivity index (χ2v) is 5.27. The smallest absolute Gasteiger partial charge is 0.193 e. The van der Waals surface area contributed by atoms with Crippen molar-refractivity contribution in [1.82, 2.24) is 15.2 Å². The van der Waals surface area contributed by atoms with Gasteiger partial charge in [-0.2, -0.15) is 0 Å². The summed E-state index contributed by atoms with van der Waals surface area (Å²) in [4.78, 5) is 10.9. The predicted molar refractivity (Wildman–Crippen MR) is 97.7 cm³/mol. The van der Waals surface area contributed by atoms with Crippen molar-refractivity contribution in [3.05, 3.63) is 16.1 Å². The van der Waals surface area contributed by atoms with E-state index in [0.717, 1.165) is 23.2 Å². The fourth-order valence-corrected chi connectivity index (χ4v) is 2.49. The highest BCUT2D eigenvalue weighted by molar-refractivity contribution is 14.0. The van der Waals surface area contributed by atoms with Crippen molar-refractivity contribution in [3.8, 4) is 0 Å². The van der Waals surface area contributed by atoms with E-state index in [2.05, 4.69) is 20.7 Å². The highest BCUT2D eigenvalue weighted by atomic mass is 127. The third-order valence-corrected chi connectivity index (χ3v) is 3.89. The van der Waals surface area contributed by atoms with Gasteiger partial charge in [-0.15, -0.1) is 35.3 Å². The zero-order valence-electron chi connectivity index (χ0n) is 13.3. The molecule has 0 aliphatic rings. The van der Waals surface area contributed by atoms with Crippen LogP contribution in [0.15, 0.2) is 10.4 Å². The lowest BCUT2D eigenvalue weighted by atomic mass is 10.4. The molecule has 1 aromatic heterocycles. The van der Waals surface area contributed by atoms with Gasteiger partial charge in [0.2, 0.25) is 0 Å². The van der Waals surface area contributed by atoms with Gasteiger partial charge in [-0.1, -0.05) is 0 Å². The average molecular weight is 428 g/mol. The molecule has 0 bridgehead atoms. The molecule has 122 valence electrons. The van der Waals surface area contributed by atoms with Gasteiger partial charge in [-0.3, -0.25) is 4.99 Å². The van der Waals surface area contributed by atoms with Crippen molar-refractivity contribution in [2.75, 3.05) is 41.5 Å². The summed E-state index contributed by atoms with van der Waals surface area (Å²) in [6, 6.07) is 0. The summed E-state index contributed by atoms with van der Waals surface area (Å²) in [5.41, 5.74) is 1.02. The van der Waals surface area contributed by atoms with E-state index >= 15 is 0 Å². The summed E-state index contributed by atoms with van der Waals surface area (Å²) in [6.07, 6.45) is 0.0400. The molecule has 0 saturated carbocycles. The molecule has 6 nitrogen and oxygen atoms in total. The Bertz CT molecular complexity index is 428. The number of aliphatic imine (C=N–C) groups is 1. The van der Waals surface area contributed by atoms with Crippen molar-refractivity contribution < 1.29 is 9.47 Å². The molecule has 1 atom stereocenters. The van der Waals surface area contributed by atoms with Gasteiger partial charge in [0.25, 0.3) is 0 Å². The van der Waals surface area contributed by atoms with Crippen LogP contribution in [0.1, 0.15) is 23.7 Å². The van der Waals surface area contributed by atoms with Crippen LogP contribution in [0.2, 0.25) is 0 Å². The summed E-state index contributed by atoms with van der Waals surface area (Å²) in [7, 11) is 7.13. The Balaban J connectivity index is 0.00000400. The molecule has 0 aliphatic carbocycles. The molecule has 0 fully saturated rings. The molecule has 0 amide bonds. The van der Waals surface area contributed by atoms with Crippen LogP contribution in [-0.4, -0.2) is 57.3 Å². The minimum absolute atomic E-state index is 0. The van der Waals surface area contributed by atoms with Gasteiger partial charge in [0.1, 0.15) is 11.1 Å². The molecule has 21 heavy (non-hydrogen) atoms. The largest absolute Gasteiger partial charge is 0.383 e. The van der Waals surface area contributed by atoms with E-state index in [1.165, 1.54) is 0 Å². The Hall–Kier alpha value is -0.450. The molecule has 0 spiro atoms. The first-order valence-corrected chi connectivity index (χ1v) is 7.38. The molecule has 1 aromatic rings. The minimum Gasteiger partial charge on any atom is -0.383 e. The van der Waals surface area contributed by atoms with Crippen LogP contribution in [0.3, 0.4) is 0 Å². The summed E-state index contributed by atoms with van der Waals surface area (Å²) in [5.74, 6) is 0.830. The van der Waals surface area contributed by atoms with Crippen molar-refractivity contribution in [2.45, 2.75) is 19.6 Å². The van der Waals surface area contributed by atoms with E-state index in [1.807, 2.05) is 18.9 Å². The van der Waals surface area contributed by atoms with Crippen LogP contribution in [0, 0.1) is 0 Å². The number of methoxy groups -OCH3 is 2. The number of guanidine groups is 1.